The summed E-state index contributed by atoms with van der Waals surface area (Å²) in [4.78, 5) is 29.3. The van der Waals surface area contributed by atoms with E-state index in [0.717, 1.165) is 25.9 Å². The van der Waals surface area contributed by atoms with E-state index in [0.29, 0.717) is 43.0 Å². The molecule has 0 aromatic heterocycles. The summed E-state index contributed by atoms with van der Waals surface area (Å²) in [5.41, 5.74) is -0.403. The van der Waals surface area contributed by atoms with Crippen LogP contribution in [-0.4, -0.2) is 98.5 Å². The molecule has 4 aliphatic heterocycles. The maximum atomic E-state index is 14.5. The molecule has 9 heteroatoms. The molecule has 3 unspecified atom stereocenters. The maximum Gasteiger partial charge on any atom is 0.510 e. The number of nitrogens with zero attached hydrogens (tertiary/aromatic N) is 2. The molecule has 0 amide bonds. The van der Waals surface area contributed by atoms with Crippen molar-refractivity contribution in [2.45, 2.75) is 75.5 Å². The van der Waals surface area contributed by atoms with Gasteiger partial charge in [-0.2, -0.15) is 0 Å². The second-order valence-corrected chi connectivity index (χ2v) is 12.4. The number of ether oxygens (including phenoxy) is 5. The van der Waals surface area contributed by atoms with Crippen LogP contribution >= 0.6 is 0 Å². The van der Waals surface area contributed by atoms with Crippen LogP contribution in [0.1, 0.15) is 56.6 Å². The molecule has 4 fully saturated rings. The fourth-order valence-corrected chi connectivity index (χ4v) is 8.00. The Bertz CT molecular complexity index is 1160. The van der Waals surface area contributed by atoms with Crippen molar-refractivity contribution < 1.29 is 37.8 Å². The molecule has 0 aliphatic carbocycles. The van der Waals surface area contributed by atoms with E-state index in [1.165, 1.54) is 43.3 Å². The van der Waals surface area contributed by atoms with E-state index in [1.54, 1.807) is 6.92 Å². The third-order valence-corrected chi connectivity index (χ3v) is 10.0. The number of piperidine rings is 1. The van der Waals surface area contributed by atoms with Crippen molar-refractivity contribution in [2.24, 2.45) is 0 Å². The van der Waals surface area contributed by atoms with Gasteiger partial charge in [0.1, 0.15) is 12.7 Å². The number of morpholine rings is 1. The molecule has 2 aromatic rings. The van der Waals surface area contributed by atoms with Crippen molar-refractivity contribution in [2.75, 3.05) is 52.5 Å². The van der Waals surface area contributed by atoms with Gasteiger partial charge in [0.2, 0.25) is 11.9 Å². The lowest BCUT2D eigenvalue weighted by Gasteiger charge is -2.47. The average Bonchev–Trinajstić information content (AvgIpc) is 3.57. The van der Waals surface area contributed by atoms with Gasteiger partial charge in [0.15, 0.2) is 0 Å². The first-order chi connectivity index (χ1) is 21.0. The number of esters is 1. The molecule has 1 spiro atoms. The van der Waals surface area contributed by atoms with Gasteiger partial charge in [0.05, 0.1) is 38.4 Å². The smallest absolute Gasteiger partial charge is 0.459 e. The Kier molecular flexibility index (Phi) is 9.33. The molecule has 6 rings (SSSR count). The third kappa shape index (κ3) is 6.32. The van der Waals surface area contributed by atoms with Gasteiger partial charge in [-0.05, 0) is 18.1 Å². The lowest BCUT2D eigenvalue weighted by molar-refractivity contribution is -0.956. The summed E-state index contributed by atoms with van der Waals surface area (Å²) >= 11 is 0. The molecule has 4 saturated heterocycles. The van der Waals surface area contributed by atoms with E-state index >= 15 is 0 Å². The van der Waals surface area contributed by atoms with Gasteiger partial charge in [-0.15, -0.1) is 0 Å². The standard InChI is InChI=1S/C34H45N2O7/c1-26(41-33(38)40-23-18-35-16-21-39-22-17-35)43-34(27-10-4-2-5-11-27,28-12-6-3-7-13-28)32(37)42-31-24-29-14-15-30(25-31)36(29)19-8-9-20-36/h2-7,10-13,26,29-31H,8-9,14-25H2,1H3/q+1. The Morgan fingerprint density at radius 2 is 1.51 bits per heavy atom. The molecule has 3 atom stereocenters. The van der Waals surface area contributed by atoms with Crippen LogP contribution in [-0.2, 0) is 34.1 Å². The first kappa shape index (κ1) is 30.1. The lowest BCUT2D eigenvalue weighted by atomic mass is 9.85. The predicted molar refractivity (Wildman–Crippen MR) is 159 cm³/mol. The molecule has 2 aromatic carbocycles. The van der Waals surface area contributed by atoms with Crippen molar-refractivity contribution in [1.29, 1.82) is 0 Å². The van der Waals surface area contributed by atoms with E-state index < -0.39 is 24.0 Å². The summed E-state index contributed by atoms with van der Waals surface area (Å²) in [6, 6.07) is 19.8. The van der Waals surface area contributed by atoms with Crippen LogP contribution < -0.4 is 0 Å². The molecule has 9 nitrogen and oxygen atoms in total. The van der Waals surface area contributed by atoms with Crippen molar-refractivity contribution in [3.8, 4) is 0 Å². The first-order valence-corrected chi connectivity index (χ1v) is 16.0. The summed E-state index contributed by atoms with van der Waals surface area (Å²) in [5, 5.41) is 0. The largest absolute Gasteiger partial charge is 0.510 e. The Hall–Kier alpha value is -2.98. The molecular formula is C34H45N2O7+. The van der Waals surface area contributed by atoms with Crippen LogP contribution in [0.5, 0.6) is 0 Å². The number of carbonyl (C=O) groups excluding carboxylic acids is 2. The van der Waals surface area contributed by atoms with E-state index in [4.69, 9.17) is 23.7 Å². The lowest BCUT2D eigenvalue weighted by Crippen LogP contribution is -2.60. The molecule has 4 aliphatic rings. The number of hydrogen-bond donors (Lipinski definition) is 0. The Morgan fingerprint density at radius 3 is 2.09 bits per heavy atom. The summed E-state index contributed by atoms with van der Waals surface area (Å²) in [6.07, 6.45) is 4.65. The van der Waals surface area contributed by atoms with Crippen LogP contribution in [0.15, 0.2) is 60.7 Å². The van der Waals surface area contributed by atoms with Gasteiger partial charge in [-0.3, -0.25) is 4.90 Å². The van der Waals surface area contributed by atoms with Crippen molar-refractivity contribution in [3.63, 3.8) is 0 Å². The minimum atomic E-state index is -1.63. The van der Waals surface area contributed by atoms with E-state index in [2.05, 4.69) is 4.90 Å². The molecule has 0 N–H and O–H groups in total. The summed E-state index contributed by atoms with van der Waals surface area (Å²) in [5.74, 6) is -0.486. The number of hydrogen-bond acceptors (Lipinski definition) is 8. The fourth-order valence-electron chi connectivity index (χ4n) is 8.00. The number of benzene rings is 2. The van der Waals surface area contributed by atoms with Crippen LogP contribution in [0.4, 0.5) is 4.79 Å². The number of carbonyl (C=O) groups is 2. The van der Waals surface area contributed by atoms with Gasteiger partial charge in [-0.1, -0.05) is 60.7 Å². The predicted octanol–water partition coefficient (Wildman–Crippen LogP) is 4.63. The van der Waals surface area contributed by atoms with Gasteiger partial charge in [0, 0.05) is 58.2 Å². The highest BCUT2D eigenvalue weighted by Gasteiger charge is 2.57. The van der Waals surface area contributed by atoms with Gasteiger partial charge in [-0.25, -0.2) is 9.59 Å². The Morgan fingerprint density at radius 1 is 0.930 bits per heavy atom. The molecule has 232 valence electrons. The molecule has 2 bridgehead atoms. The monoisotopic (exact) mass is 593 g/mol. The average molecular weight is 594 g/mol. The first-order valence-electron chi connectivity index (χ1n) is 16.0. The minimum absolute atomic E-state index is 0.175. The molecule has 0 saturated carbocycles. The second-order valence-electron chi connectivity index (χ2n) is 12.4. The normalized spacial score (nSPS) is 25.7. The van der Waals surface area contributed by atoms with Crippen molar-refractivity contribution in [1.82, 2.24) is 4.90 Å². The molecule has 0 radical (unpaired) electrons. The quantitative estimate of drug-likeness (QED) is 0.224. The summed E-state index contributed by atoms with van der Waals surface area (Å²) in [6.45, 7) is 7.88. The number of rotatable bonds is 10. The van der Waals surface area contributed by atoms with Gasteiger partial charge in [0.25, 0.3) is 0 Å². The Labute approximate surface area is 254 Å². The fraction of sp³-hybridized carbons (Fsp3) is 0.588. The Balaban J connectivity index is 1.19. The molecular weight excluding hydrogens is 548 g/mol. The summed E-state index contributed by atoms with van der Waals surface area (Å²) in [7, 11) is 0. The van der Waals surface area contributed by atoms with E-state index in [9.17, 15) is 9.59 Å². The molecule has 4 heterocycles. The summed E-state index contributed by atoms with van der Waals surface area (Å²) < 4.78 is 30.4. The zero-order valence-corrected chi connectivity index (χ0v) is 25.2. The van der Waals surface area contributed by atoms with Crippen LogP contribution in [0, 0.1) is 0 Å². The highest BCUT2D eigenvalue weighted by molar-refractivity contribution is 5.86. The van der Waals surface area contributed by atoms with Crippen LogP contribution in [0.25, 0.3) is 0 Å². The van der Waals surface area contributed by atoms with Crippen molar-refractivity contribution in [3.05, 3.63) is 71.8 Å². The zero-order chi connectivity index (χ0) is 29.7. The van der Waals surface area contributed by atoms with Gasteiger partial charge < -0.3 is 28.2 Å². The van der Waals surface area contributed by atoms with E-state index in [1.807, 2.05) is 60.7 Å². The molecule has 43 heavy (non-hydrogen) atoms. The highest BCUT2D eigenvalue weighted by Crippen LogP contribution is 2.47. The maximum absolute atomic E-state index is 14.5. The van der Waals surface area contributed by atoms with Crippen LogP contribution in [0.3, 0.4) is 0 Å². The zero-order valence-electron chi connectivity index (χ0n) is 25.2. The number of quaternary nitrogens is 1. The van der Waals surface area contributed by atoms with Crippen molar-refractivity contribution >= 4 is 12.1 Å². The van der Waals surface area contributed by atoms with Gasteiger partial charge >= 0.3 is 12.1 Å². The SMILES string of the molecule is CC(OC(=O)OCCN1CCOCC1)OC(C(=O)OC1CC2CCC(C1)[N+]21CCCC1)(c1ccccc1)c1ccccc1. The highest BCUT2D eigenvalue weighted by atomic mass is 16.8. The minimum Gasteiger partial charge on any atom is -0.459 e. The second kappa shape index (κ2) is 13.3. The topological polar surface area (TPSA) is 83.5 Å². The third-order valence-electron chi connectivity index (χ3n) is 10.0. The van der Waals surface area contributed by atoms with E-state index in [-0.39, 0.29) is 12.7 Å². The van der Waals surface area contributed by atoms with Crippen LogP contribution in [0.2, 0.25) is 0 Å².